The highest BCUT2D eigenvalue weighted by Crippen LogP contribution is 2.33. The van der Waals surface area contributed by atoms with Gasteiger partial charge in [0.2, 0.25) is 0 Å². The molecule has 26 heavy (non-hydrogen) atoms. The Labute approximate surface area is 155 Å². The molecule has 3 aromatic rings. The van der Waals surface area contributed by atoms with Gasteiger partial charge in [-0.15, -0.1) is 0 Å². The normalized spacial score (nSPS) is 12.9. The van der Waals surface area contributed by atoms with Crippen LogP contribution in [0.4, 0.5) is 10.1 Å². The second-order valence-corrected chi connectivity index (χ2v) is 6.31. The van der Waals surface area contributed by atoms with E-state index in [2.05, 4.69) is 10.4 Å². The van der Waals surface area contributed by atoms with Crippen molar-refractivity contribution in [3.8, 4) is 17.2 Å². The highest BCUT2D eigenvalue weighted by atomic mass is 35.5. The molecule has 5 nitrogen and oxygen atoms in total. The van der Waals surface area contributed by atoms with E-state index in [9.17, 15) is 4.39 Å². The number of halogens is 2. The SMILES string of the molecule is Cc1nn(-c2ccc(F)cc2)c(Cl)c1CNc1ccc2c(c1)OCCO2. The van der Waals surface area contributed by atoms with Crippen molar-refractivity contribution in [1.82, 2.24) is 9.78 Å². The van der Waals surface area contributed by atoms with Crippen molar-refractivity contribution in [3.05, 3.63) is 64.7 Å². The molecule has 0 spiro atoms. The van der Waals surface area contributed by atoms with Crippen LogP contribution in [0.15, 0.2) is 42.5 Å². The van der Waals surface area contributed by atoms with Crippen molar-refractivity contribution in [3.63, 3.8) is 0 Å². The van der Waals surface area contributed by atoms with Crippen molar-refractivity contribution in [2.75, 3.05) is 18.5 Å². The number of aryl methyl sites for hydroxylation is 1. The number of nitrogens with zero attached hydrogens (tertiary/aromatic N) is 2. The van der Waals surface area contributed by atoms with Crippen LogP contribution in [0.3, 0.4) is 0 Å². The Kier molecular flexibility index (Phi) is 4.42. The summed E-state index contributed by atoms with van der Waals surface area (Å²) >= 11 is 6.51. The minimum absolute atomic E-state index is 0.297. The summed E-state index contributed by atoms with van der Waals surface area (Å²) in [5.41, 5.74) is 3.31. The van der Waals surface area contributed by atoms with E-state index in [0.717, 1.165) is 28.4 Å². The van der Waals surface area contributed by atoms with E-state index in [0.29, 0.717) is 30.6 Å². The molecular formula is C19H17ClFN3O2. The summed E-state index contributed by atoms with van der Waals surface area (Å²) in [7, 11) is 0. The molecule has 0 aliphatic carbocycles. The first-order valence-electron chi connectivity index (χ1n) is 8.25. The van der Waals surface area contributed by atoms with E-state index in [4.69, 9.17) is 21.1 Å². The Bertz CT molecular complexity index is 941. The maximum atomic E-state index is 13.1. The Morgan fingerprint density at radius 1 is 1.12 bits per heavy atom. The Morgan fingerprint density at radius 2 is 1.85 bits per heavy atom. The van der Waals surface area contributed by atoms with Crippen molar-refractivity contribution < 1.29 is 13.9 Å². The van der Waals surface area contributed by atoms with Gasteiger partial charge in [-0.1, -0.05) is 11.6 Å². The van der Waals surface area contributed by atoms with E-state index < -0.39 is 0 Å². The quantitative estimate of drug-likeness (QED) is 0.738. The van der Waals surface area contributed by atoms with E-state index in [1.807, 2.05) is 25.1 Å². The zero-order valence-corrected chi connectivity index (χ0v) is 14.9. The summed E-state index contributed by atoms with van der Waals surface area (Å²) in [6.45, 7) is 3.52. The number of rotatable bonds is 4. The average molecular weight is 374 g/mol. The second kappa shape index (κ2) is 6.88. The molecule has 1 aliphatic rings. The minimum Gasteiger partial charge on any atom is -0.486 e. The highest BCUT2D eigenvalue weighted by molar-refractivity contribution is 6.30. The Hall–Kier alpha value is -2.73. The lowest BCUT2D eigenvalue weighted by Gasteiger charge is -2.19. The fourth-order valence-electron chi connectivity index (χ4n) is 2.83. The van der Waals surface area contributed by atoms with Gasteiger partial charge in [-0.3, -0.25) is 0 Å². The van der Waals surface area contributed by atoms with E-state index in [1.54, 1.807) is 16.8 Å². The van der Waals surface area contributed by atoms with E-state index >= 15 is 0 Å². The molecule has 0 unspecified atom stereocenters. The highest BCUT2D eigenvalue weighted by Gasteiger charge is 2.16. The maximum absolute atomic E-state index is 13.1. The lowest BCUT2D eigenvalue weighted by atomic mass is 10.2. The summed E-state index contributed by atoms with van der Waals surface area (Å²) in [5, 5.41) is 8.30. The number of hydrogen-bond donors (Lipinski definition) is 1. The van der Waals surface area contributed by atoms with Gasteiger partial charge < -0.3 is 14.8 Å². The number of hydrogen-bond acceptors (Lipinski definition) is 4. The van der Waals surface area contributed by atoms with Crippen LogP contribution in [0.2, 0.25) is 5.15 Å². The molecule has 2 heterocycles. The van der Waals surface area contributed by atoms with Gasteiger partial charge in [-0.25, -0.2) is 9.07 Å². The summed E-state index contributed by atoms with van der Waals surface area (Å²) in [4.78, 5) is 0. The third kappa shape index (κ3) is 3.20. The molecule has 7 heteroatoms. The molecule has 2 aromatic carbocycles. The van der Waals surface area contributed by atoms with Crippen LogP contribution < -0.4 is 14.8 Å². The number of ether oxygens (including phenoxy) is 2. The largest absolute Gasteiger partial charge is 0.486 e. The molecule has 0 saturated heterocycles. The van der Waals surface area contributed by atoms with Gasteiger partial charge in [-0.05, 0) is 43.3 Å². The number of fused-ring (bicyclic) bond motifs is 1. The van der Waals surface area contributed by atoms with Crippen molar-refractivity contribution in [1.29, 1.82) is 0 Å². The number of nitrogens with one attached hydrogen (secondary N) is 1. The number of anilines is 1. The van der Waals surface area contributed by atoms with Crippen LogP contribution in [0, 0.1) is 12.7 Å². The standard InChI is InChI=1S/C19H17ClFN3O2/c1-12-16(19(20)24(23-12)15-5-2-13(21)3-6-15)11-22-14-4-7-17-18(10-14)26-9-8-25-17/h2-7,10,22H,8-9,11H2,1H3. The Morgan fingerprint density at radius 3 is 2.62 bits per heavy atom. The van der Waals surface area contributed by atoms with Crippen LogP contribution in [-0.2, 0) is 6.54 Å². The van der Waals surface area contributed by atoms with Crippen LogP contribution in [0.1, 0.15) is 11.3 Å². The van der Waals surface area contributed by atoms with Gasteiger partial charge in [0.15, 0.2) is 11.5 Å². The van der Waals surface area contributed by atoms with Gasteiger partial charge in [0.1, 0.15) is 24.2 Å². The van der Waals surface area contributed by atoms with Gasteiger partial charge in [-0.2, -0.15) is 5.10 Å². The fourth-order valence-corrected chi connectivity index (χ4v) is 3.17. The molecule has 1 aliphatic heterocycles. The average Bonchev–Trinajstić information content (AvgIpc) is 2.94. The van der Waals surface area contributed by atoms with Crippen molar-refractivity contribution in [2.45, 2.75) is 13.5 Å². The summed E-state index contributed by atoms with van der Waals surface area (Å²) in [6, 6.07) is 11.8. The van der Waals surface area contributed by atoms with Gasteiger partial charge >= 0.3 is 0 Å². The summed E-state index contributed by atoms with van der Waals surface area (Å²) in [5.74, 6) is 1.18. The molecule has 134 valence electrons. The zero-order valence-electron chi connectivity index (χ0n) is 14.1. The molecule has 0 fully saturated rings. The van der Waals surface area contributed by atoms with Gasteiger partial charge in [0, 0.05) is 23.9 Å². The minimum atomic E-state index is -0.297. The molecule has 0 saturated carbocycles. The molecule has 0 atom stereocenters. The van der Waals surface area contributed by atoms with Crippen LogP contribution in [0.5, 0.6) is 11.5 Å². The molecule has 1 aromatic heterocycles. The first-order chi connectivity index (χ1) is 12.6. The third-order valence-corrected chi connectivity index (χ3v) is 4.59. The lowest BCUT2D eigenvalue weighted by Crippen LogP contribution is -2.15. The predicted octanol–water partition coefficient (Wildman–Crippen LogP) is 4.36. The number of benzene rings is 2. The molecule has 0 radical (unpaired) electrons. The lowest BCUT2D eigenvalue weighted by molar-refractivity contribution is 0.171. The summed E-state index contributed by atoms with van der Waals surface area (Å²) in [6.07, 6.45) is 0. The molecule has 0 bridgehead atoms. The second-order valence-electron chi connectivity index (χ2n) is 5.95. The Balaban J connectivity index is 1.54. The molecule has 4 rings (SSSR count). The van der Waals surface area contributed by atoms with Crippen molar-refractivity contribution in [2.24, 2.45) is 0 Å². The topological polar surface area (TPSA) is 48.3 Å². The van der Waals surface area contributed by atoms with Crippen LogP contribution >= 0.6 is 11.6 Å². The van der Waals surface area contributed by atoms with Crippen molar-refractivity contribution >= 4 is 17.3 Å². The van der Waals surface area contributed by atoms with Crippen LogP contribution in [0.25, 0.3) is 5.69 Å². The molecule has 0 amide bonds. The zero-order chi connectivity index (χ0) is 18.1. The summed E-state index contributed by atoms with van der Waals surface area (Å²) < 4.78 is 25.9. The third-order valence-electron chi connectivity index (χ3n) is 4.20. The van der Waals surface area contributed by atoms with Crippen LogP contribution in [-0.4, -0.2) is 23.0 Å². The molecular weight excluding hydrogens is 357 g/mol. The molecule has 1 N–H and O–H groups in total. The van der Waals surface area contributed by atoms with Gasteiger partial charge in [0.25, 0.3) is 0 Å². The maximum Gasteiger partial charge on any atom is 0.163 e. The number of aromatic nitrogens is 2. The monoisotopic (exact) mass is 373 g/mol. The first kappa shape index (κ1) is 16.7. The van der Waals surface area contributed by atoms with E-state index in [-0.39, 0.29) is 5.82 Å². The predicted molar refractivity (Wildman–Crippen MR) is 98.0 cm³/mol. The van der Waals surface area contributed by atoms with Gasteiger partial charge in [0.05, 0.1) is 11.4 Å². The first-order valence-corrected chi connectivity index (χ1v) is 8.63. The van der Waals surface area contributed by atoms with E-state index in [1.165, 1.54) is 12.1 Å². The fraction of sp³-hybridized carbons (Fsp3) is 0.211. The smallest absolute Gasteiger partial charge is 0.163 e.